The van der Waals surface area contributed by atoms with E-state index in [1.807, 2.05) is 36.4 Å². The minimum absolute atomic E-state index is 0.0373. The Morgan fingerprint density at radius 2 is 1.86 bits per heavy atom. The van der Waals surface area contributed by atoms with Crippen molar-refractivity contribution < 1.29 is 14.4 Å². The van der Waals surface area contributed by atoms with Crippen LogP contribution in [0.4, 0.5) is 11.4 Å². The zero-order valence-electron chi connectivity index (χ0n) is 16.0. The standard InChI is InChI=1S/C22H25N3O3/c1-16(26)25-14-6-9-18-15-19(11-12-20(18)25)24-21(27)10-5-13-23-22(28)17-7-3-2-4-8-17/h2-4,7-8,11-12,15H,5-6,9-10,13-14H2,1H3,(H,23,28)(H,24,27). The molecule has 0 spiro atoms. The van der Waals surface area contributed by atoms with Crippen molar-refractivity contribution in [2.24, 2.45) is 0 Å². The van der Waals surface area contributed by atoms with Crippen LogP contribution in [0.3, 0.4) is 0 Å². The lowest BCUT2D eigenvalue weighted by Crippen LogP contribution is -2.33. The Balaban J connectivity index is 1.46. The first kappa shape index (κ1) is 19.6. The van der Waals surface area contributed by atoms with Gasteiger partial charge in [-0.05, 0) is 55.2 Å². The summed E-state index contributed by atoms with van der Waals surface area (Å²) in [5.41, 5.74) is 3.36. The van der Waals surface area contributed by atoms with E-state index in [4.69, 9.17) is 0 Å². The number of fused-ring (bicyclic) bond motifs is 1. The van der Waals surface area contributed by atoms with E-state index in [-0.39, 0.29) is 17.7 Å². The quantitative estimate of drug-likeness (QED) is 0.757. The normalized spacial score (nSPS) is 12.8. The van der Waals surface area contributed by atoms with E-state index in [0.29, 0.717) is 24.9 Å². The van der Waals surface area contributed by atoms with Crippen molar-refractivity contribution in [2.75, 3.05) is 23.3 Å². The number of carbonyl (C=O) groups excluding carboxylic acids is 3. The number of anilines is 2. The van der Waals surface area contributed by atoms with Crippen LogP contribution in [0.15, 0.2) is 48.5 Å². The van der Waals surface area contributed by atoms with Gasteiger partial charge in [0.05, 0.1) is 0 Å². The van der Waals surface area contributed by atoms with Crippen LogP contribution >= 0.6 is 0 Å². The summed E-state index contributed by atoms with van der Waals surface area (Å²) in [5, 5.41) is 5.72. The summed E-state index contributed by atoms with van der Waals surface area (Å²) < 4.78 is 0. The highest BCUT2D eigenvalue weighted by molar-refractivity contribution is 5.95. The molecule has 2 aromatic carbocycles. The van der Waals surface area contributed by atoms with Gasteiger partial charge in [0.2, 0.25) is 11.8 Å². The minimum Gasteiger partial charge on any atom is -0.352 e. The maximum absolute atomic E-state index is 12.2. The lowest BCUT2D eigenvalue weighted by atomic mass is 10.0. The van der Waals surface area contributed by atoms with Crippen molar-refractivity contribution in [3.8, 4) is 0 Å². The van der Waals surface area contributed by atoms with Gasteiger partial charge in [0.25, 0.3) is 5.91 Å². The van der Waals surface area contributed by atoms with Gasteiger partial charge in [-0.15, -0.1) is 0 Å². The first-order chi connectivity index (χ1) is 13.5. The summed E-state index contributed by atoms with van der Waals surface area (Å²) in [4.78, 5) is 37.6. The summed E-state index contributed by atoms with van der Waals surface area (Å²) >= 11 is 0. The highest BCUT2D eigenvalue weighted by Crippen LogP contribution is 2.29. The Morgan fingerprint density at radius 3 is 2.61 bits per heavy atom. The molecule has 146 valence electrons. The molecule has 1 aliphatic rings. The first-order valence-corrected chi connectivity index (χ1v) is 9.59. The molecule has 0 saturated carbocycles. The van der Waals surface area contributed by atoms with Gasteiger partial charge >= 0.3 is 0 Å². The SMILES string of the molecule is CC(=O)N1CCCc2cc(NC(=O)CCCNC(=O)c3ccccc3)ccc21. The maximum atomic E-state index is 12.2. The monoisotopic (exact) mass is 379 g/mol. The predicted molar refractivity (Wildman–Crippen MR) is 109 cm³/mol. The zero-order valence-corrected chi connectivity index (χ0v) is 16.0. The smallest absolute Gasteiger partial charge is 0.251 e. The second-order valence-electron chi connectivity index (χ2n) is 6.89. The molecule has 6 heteroatoms. The van der Waals surface area contributed by atoms with Crippen LogP contribution in [0.25, 0.3) is 0 Å². The Kier molecular flexibility index (Phi) is 6.42. The van der Waals surface area contributed by atoms with Crippen LogP contribution in [-0.4, -0.2) is 30.8 Å². The third-order valence-electron chi connectivity index (χ3n) is 4.76. The third kappa shape index (κ3) is 4.97. The Hall–Kier alpha value is -3.15. The topological polar surface area (TPSA) is 78.5 Å². The molecule has 0 atom stereocenters. The molecule has 0 unspecified atom stereocenters. The van der Waals surface area contributed by atoms with Gasteiger partial charge in [-0.1, -0.05) is 18.2 Å². The Morgan fingerprint density at radius 1 is 1.07 bits per heavy atom. The molecule has 1 aliphatic heterocycles. The van der Waals surface area contributed by atoms with Crippen molar-refractivity contribution in [1.29, 1.82) is 0 Å². The number of benzene rings is 2. The molecule has 0 bridgehead atoms. The molecule has 0 saturated heterocycles. The van der Waals surface area contributed by atoms with Crippen LogP contribution in [0.1, 0.15) is 42.1 Å². The molecule has 0 aliphatic carbocycles. The predicted octanol–water partition coefficient (Wildman–Crippen LogP) is 3.13. The van der Waals surface area contributed by atoms with Crippen molar-refractivity contribution >= 4 is 29.1 Å². The number of amides is 3. The molecule has 2 N–H and O–H groups in total. The average molecular weight is 379 g/mol. The molecule has 1 heterocycles. The largest absolute Gasteiger partial charge is 0.352 e. The number of rotatable bonds is 6. The summed E-state index contributed by atoms with van der Waals surface area (Å²) in [6.45, 7) is 2.75. The van der Waals surface area contributed by atoms with E-state index in [2.05, 4.69) is 10.6 Å². The third-order valence-corrected chi connectivity index (χ3v) is 4.76. The van der Waals surface area contributed by atoms with E-state index in [1.54, 1.807) is 24.0 Å². The van der Waals surface area contributed by atoms with Gasteiger partial charge < -0.3 is 15.5 Å². The Bertz CT molecular complexity index is 865. The van der Waals surface area contributed by atoms with Gasteiger partial charge in [0.15, 0.2) is 0 Å². The molecule has 2 aromatic rings. The van der Waals surface area contributed by atoms with E-state index in [9.17, 15) is 14.4 Å². The van der Waals surface area contributed by atoms with Crippen LogP contribution < -0.4 is 15.5 Å². The van der Waals surface area contributed by atoms with Crippen molar-refractivity contribution in [1.82, 2.24) is 5.32 Å². The van der Waals surface area contributed by atoms with Gasteiger partial charge in [0, 0.05) is 43.4 Å². The second-order valence-corrected chi connectivity index (χ2v) is 6.89. The molecule has 0 aromatic heterocycles. The fraction of sp³-hybridized carbons (Fsp3) is 0.318. The summed E-state index contributed by atoms with van der Waals surface area (Å²) in [6.07, 6.45) is 2.71. The first-order valence-electron chi connectivity index (χ1n) is 9.59. The molecule has 3 rings (SSSR count). The number of nitrogens with one attached hydrogen (secondary N) is 2. The average Bonchev–Trinajstić information content (AvgIpc) is 2.71. The van der Waals surface area contributed by atoms with Crippen molar-refractivity contribution in [3.05, 3.63) is 59.7 Å². The van der Waals surface area contributed by atoms with Crippen molar-refractivity contribution in [3.63, 3.8) is 0 Å². The van der Waals surface area contributed by atoms with E-state index in [1.165, 1.54) is 0 Å². The van der Waals surface area contributed by atoms with Crippen LogP contribution in [0.5, 0.6) is 0 Å². The summed E-state index contributed by atoms with van der Waals surface area (Å²) in [5.74, 6) is -0.186. The number of nitrogens with zero attached hydrogens (tertiary/aromatic N) is 1. The molecule has 3 amide bonds. The highest BCUT2D eigenvalue weighted by Gasteiger charge is 2.20. The number of carbonyl (C=O) groups is 3. The van der Waals surface area contributed by atoms with Crippen molar-refractivity contribution in [2.45, 2.75) is 32.6 Å². The van der Waals surface area contributed by atoms with Gasteiger partial charge in [-0.3, -0.25) is 14.4 Å². The Labute approximate surface area is 164 Å². The zero-order chi connectivity index (χ0) is 19.9. The van der Waals surface area contributed by atoms with Crippen LogP contribution in [-0.2, 0) is 16.0 Å². The molecular weight excluding hydrogens is 354 g/mol. The number of aryl methyl sites for hydroxylation is 1. The summed E-state index contributed by atoms with van der Waals surface area (Å²) in [7, 11) is 0. The minimum atomic E-state index is -0.134. The lowest BCUT2D eigenvalue weighted by Gasteiger charge is -2.29. The van der Waals surface area contributed by atoms with E-state index < -0.39 is 0 Å². The molecule has 6 nitrogen and oxygen atoms in total. The van der Waals surface area contributed by atoms with Crippen LogP contribution in [0, 0.1) is 0 Å². The van der Waals surface area contributed by atoms with Gasteiger partial charge in [0.1, 0.15) is 0 Å². The second kappa shape index (κ2) is 9.17. The molecular formula is C22H25N3O3. The van der Waals surface area contributed by atoms with E-state index in [0.717, 1.165) is 36.3 Å². The molecule has 28 heavy (non-hydrogen) atoms. The summed E-state index contributed by atoms with van der Waals surface area (Å²) in [6, 6.07) is 14.7. The fourth-order valence-electron chi connectivity index (χ4n) is 3.37. The van der Waals surface area contributed by atoms with Gasteiger partial charge in [-0.25, -0.2) is 0 Å². The van der Waals surface area contributed by atoms with Gasteiger partial charge in [-0.2, -0.15) is 0 Å². The maximum Gasteiger partial charge on any atom is 0.251 e. The highest BCUT2D eigenvalue weighted by atomic mass is 16.2. The lowest BCUT2D eigenvalue weighted by molar-refractivity contribution is -0.117. The number of hydrogen-bond donors (Lipinski definition) is 2. The molecule has 0 radical (unpaired) electrons. The van der Waals surface area contributed by atoms with E-state index >= 15 is 0 Å². The van der Waals surface area contributed by atoms with Crippen LogP contribution in [0.2, 0.25) is 0 Å². The molecule has 0 fully saturated rings. The fourth-order valence-corrected chi connectivity index (χ4v) is 3.37. The number of hydrogen-bond acceptors (Lipinski definition) is 3.